The molecule has 10 heteroatoms. The van der Waals surface area contributed by atoms with Crippen LogP contribution in [0, 0.1) is 11.6 Å². The van der Waals surface area contributed by atoms with Crippen LogP contribution in [-0.2, 0) is 28.5 Å². The first-order chi connectivity index (χ1) is 17.9. The van der Waals surface area contributed by atoms with Crippen LogP contribution in [0.3, 0.4) is 0 Å². The van der Waals surface area contributed by atoms with Gasteiger partial charge in [0.2, 0.25) is 10.0 Å². The van der Waals surface area contributed by atoms with Crippen molar-refractivity contribution in [2.24, 2.45) is 0 Å². The summed E-state index contributed by atoms with van der Waals surface area (Å²) in [7, 11) is -3.82. The standard InChI is InChI=1S/C28H31F2N3O4S/c1-19-8-9-25(20-6-4-3-5-7-20)38(36,37)33(19)15-21-12-24(30)22(13-23(21)29)28(16-27(2,35)17-28)18-32-11-10-31-14-26(32)34/h3-7,10-14,19,25,35H,8-9,15-18H2,1-2H3. The Kier molecular flexibility index (Phi) is 6.77. The van der Waals surface area contributed by atoms with E-state index in [1.54, 1.807) is 38.1 Å². The highest BCUT2D eigenvalue weighted by Crippen LogP contribution is 2.52. The Balaban J connectivity index is 1.47. The molecule has 7 nitrogen and oxygen atoms in total. The Hall–Kier alpha value is -2.95. The molecule has 1 aromatic heterocycles. The van der Waals surface area contributed by atoms with Crippen LogP contribution in [-0.4, -0.2) is 39.0 Å². The SMILES string of the molecule is CC1CCC(c2ccccc2)S(=O)(=O)N1Cc1cc(F)c(C2(Cn3ccncc3=O)CC(C)(O)C2)cc1F. The van der Waals surface area contributed by atoms with E-state index in [9.17, 15) is 18.3 Å². The van der Waals surface area contributed by atoms with E-state index in [0.717, 1.165) is 18.3 Å². The Morgan fingerprint density at radius 3 is 2.47 bits per heavy atom. The van der Waals surface area contributed by atoms with Crippen molar-refractivity contribution in [3.8, 4) is 0 Å². The van der Waals surface area contributed by atoms with E-state index in [1.807, 2.05) is 6.07 Å². The van der Waals surface area contributed by atoms with Gasteiger partial charge in [-0.3, -0.25) is 9.78 Å². The van der Waals surface area contributed by atoms with E-state index in [4.69, 9.17) is 0 Å². The molecule has 2 aromatic carbocycles. The molecule has 0 bridgehead atoms. The first-order valence-electron chi connectivity index (χ1n) is 12.7. The van der Waals surface area contributed by atoms with Gasteiger partial charge in [0.15, 0.2) is 0 Å². The zero-order valence-corrected chi connectivity index (χ0v) is 22.2. The van der Waals surface area contributed by atoms with Crippen LogP contribution in [0.25, 0.3) is 0 Å². The molecule has 1 saturated heterocycles. The van der Waals surface area contributed by atoms with Crippen molar-refractivity contribution in [3.63, 3.8) is 0 Å². The van der Waals surface area contributed by atoms with E-state index < -0.39 is 37.9 Å². The Bertz CT molecular complexity index is 1500. The Morgan fingerprint density at radius 1 is 1.11 bits per heavy atom. The molecular formula is C28H31F2N3O4S. The Morgan fingerprint density at radius 2 is 1.82 bits per heavy atom. The van der Waals surface area contributed by atoms with Crippen LogP contribution < -0.4 is 5.56 Å². The lowest BCUT2D eigenvalue weighted by Crippen LogP contribution is -2.56. The van der Waals surface area contributed by atoms with Crippen molar-refractivity contribution in [2.45, 2.75) is 74.9 Å². The molecule has 2 heterocycles. The molecule has 0 radical (unpaired) electrons. The van der Waals surface area contributed by atoms with Gasteiger partial charge in [0, 0.05) is 42.5 Å². The highest BCUT2D eigenvalue weighted by molar-refractivity contribution is 7.89. The maximum atomic E-state index is 15.7. The van der Waals surface area contributed by atoms with Gasteiger partial charge >= 0.3 is 0 Å². The van der Waals surface area contributed by atoms with E-state index in [-0.39, 0.29) is 48.7 Å². The zero-order chi connectivity index (χ0) is 27.3. The van der Waals surface area contributed by atoms with Crippen molar-refractivity contribution in [2.75, 3.05) is 0 Å². The molecule has 1 aliphatic heterocycles. The number of hydrogen-bond acceptors (Lipinski definition) is 5. The van der Waals surface area contributed by atoms with Gasteiger partial charge in [-0.25, -0.2) is 17.2 Å². The third kappa shape index (κ3) is 4.81. The summed E-state index contributed by atoms with van der Waals surface area (Å²) in [6, 6.07) is 10.7. The van der Waals surface area contributed by atoms with Crippen LogP contribution in [0.5, 0.6) is 0 Å². The number of nitrogens with zero attached hydrogens (tertiary/aromatic N) is 3. The van der Waals surface area contributed by atoms with Crippen LogP contribution in [0.1, 0.15) is 61.5 Å². The lowest BCUT2D eigenvalue weighted by atomic mass is 9.56. The summed E-state index contributed by atoms with van der Waals surface area (Å²) in [5, 5.41) is 9.76. The van der Waals surface area contributed by atoms with E-state index in [1.165, 1.54) is 21.3 Å². The van der Waals surface area contributed by atoms with E-state index in [2.05, 4.69) is 4.98 Å². The lowest BCUT2D eigenvalue weighted by Gasteiger charge is -2.52. The number of sulfonamides is 1. The second-order valence-electron chi connectivity index (χ2n) is 11.0. The van der Waals surface area contributed by atoms with Gasteiger partial charge in [-0.05, 0) is 62.8 Å². The number of benzene rings is 2. The highest BCUT2D eigenvalue weighted by Gasteiger charge is 2.53. The van der Waals surface area contributed by atoms with Gasteiger partial charge in [-0.1, -0.05) is 30.3 Å². The van der Waals surface area contributed by atoms with Gasteiger partial charge in [0.25, 0.3) is 5.56 Å². The first kappa shape index (κ1) is 26.6. The van der Waals surface area contributed by atoms with Crippen molar-refractivity contribution in [3.05, 3.63) is 99.7 Å². The molecule has 1 N–H and O–H groups in total. The largest absolute Gasteiger partial charge is 0.390 e. The van der Waals surface area contributed by atoms with Gasteiger partial charge in [0.05, 0.1) is 11.8 Å². The maximum Gasteiger partial charge on any atom is 0.269 e. The van der Waals surface area contributed by atoms with Crippen molar-refractivity contribution in [1.29, 1.82) is 0 Å². The molecular weight excluding hydrogens is 512 g/mol. The smallest absolute Gasteiger partial charge is 0.269 e. The zero-order valence-electron chi connectivity index (χ0n) is 21.3. The van der Waals surface area contributed by atoms with E-state index >= 15 is 8.78 Å². The number of hydrogen-bond donors (Lipinski definition) is 1. The lowest BCUT2D eigenvalue weighted by molar-refractivity contribution is -0.0835. The van der Waals surface area contributed by atoms with Crippen LogP contribution in [0.15, 0.2) is 65.8 Å². The molecule has 5 rings (SSSR count). The van der Waals surface area contributed by atoms with Gasteiger partial charge < -0.3 is 9.67 Å². The molecule has 2 unspecified atom stereocenters. The summed E-state index contributed by atoms with van der Waals surface area (Å²) < 4.78 is 61.0. The van der Waals surface area contributed by atoms with E-state index in [0.29, 0.717) is 18.4 Å². The average Bonchev–Trinajstić information content (AvgIpc) is 2.84. The monoisotopic (exact) mass is 543 g/mol. The van der Waals surface area contributed by atoms with Gasteiger partial charge in [0.1, 0.15) is 16.9 Å². The van der Waals surface area contributed by atoms with Gasteiger partial charge in [-0.15, -0.1) is 0 Å². The summed E-state index contributed by atoms with van der Waals surface area (Å²) in [6.07, 6.45) is 5.39. The fraction of sp³-hybridized carbons (Fsp3) is 0.429. The number of rotatable bonds is 6. The maximum absolute atomic E-state index is 15.7. The Labute approximate surface area is 220 Å². The minimum absolute atomic E-state index is 0.0521. The van der Waals surface area contributed by atoms with Crippen LogP contribution in [0.2, 0.25) is 0 Å². The third-order valence-corrected chi connectivity index (χ3v) is 10.3. The summed E-state index contributed by atoms with van der Waals surface area (Å²) >= 11 is 0. The second-order valence-corrected chi connectivity index (χ2v) is 13.1. The average molecular weight is 544 g/mol. The molecule has 202 valence electrons. The van der Waals surface area contributed by atoms with Crippen molar-refractivity contribution < 1.29 is 22.3 Å². The first-order valence-corrected chi connectivity index (χ1v) is 14.2. The fourth-order valence-electron chi connectivity index (χ4n) is 6.26. The molecule has 2 atom stereocenters. The molecule has 3 aromatic rings. The molecule has 0 spiro atoms. The van der Waals surface area contributed by atoms with Crippen LogP contribution >= 0.6 is 0 Å². The summed E-state index contributed by atoms with van der Waals surface area (Å²) in [5.74, 6) is -1.42. The van der Waals surface area contributed by atoms with Gasteiger partial charge in [-0.2, -0.15) is 4.31 Å². The third-order valence-electron chi connectivity index (χ3n) is 7.94. The second kappa shape index (κ2) is 9.66. The normalized spacial score (nSPS) is 29.1. The number of halogens is 2. The quantitative estimate of drug-likeness (QED) is 0.506. The molecule has 1 aliphatic carbocycles. The highest BCUT2D eigenvalue weighted by atomic mass is 32.2. The fourth-order valence-corrected chi connectivity index (χ4v) is 8.45. The number of aromatic nitrogens is 2. The summed E-state index contributed by atoms with van der Waals surface area (Å²) in [4.78, 5) is 16.1. The molecule has 2 fully saturated rings. The van der Waals surface area contributed by atoms with Crippen LogP contribution in [0.4, 0.5) is 8.78 Å². The van der Waals surface area contributed by atoms with Crippen molar-refractivity contribution >= 4 is 10.0 Å². The summed E-state index contributed by atoms with van der Waals surface area (Å²) in [5.41, 5.74) is -1.78. The number of aliphatic hydroxyl groups is 1. The predicted octanol–water partition coefficient (Wildman–Crippen LogP) is 4.06. The molecule has 0 amide bonds. The topological polar surface area (TPSA) is 92.5 Å². The molecule has 2 aliphatic rings. The van der Waals surface area contributed by atoms with Crippen molar-refractivity contribution in [1.82, 2.24) is 13.9 Å². The molecule has 1 saturated carbocycles. The molecule has 38 heavy (non-hydrogen) atoms. The predicted molar refractivity (Wildman–Crippen MR) is 139 cm³/mol. The minimum Gasteiger partial charge on any atom is -0.390 e. The summed E-state index contributed by atoms with van der Waals surface area (Å²) in [6.45, 7) is 3.16. The minimum atomic E-state index is -3.82.